The molecule has 1 aliphatic heterocycles. The Kier molecular flexibility index (Phi) is 4.10. The molecule has 0 amide bonds. The summed E-state index contributed by atoms with van der Waals surface area (Å²) in [4.78, 5) is 0. The van der Waals surface area contributed by atoms with Crippen molar-refractivity contribution in [3.05, 3.63) is 75.3 Å². The third-order valence-electron chi connectivity index (χ3n) is 5.39. The number of fused-ring (bicyclic) bond motifs is 3. The van der Waals surface area contributed by atoms with E-state index < -0.39 is 0 Å². The first-order valence-corrected chi connectivity index (χ1v) is 9.33. The molecule has 3 atom stereocenters. The number of allylic oxidation sites excluding steroid dienone is 2. The van der Waals surface area contributed by atoms with E-state index in [0.717, 1.165) is 12.1 Å². The van der Waals surface area contributed by atoms with Crippen LogP contribution in [0.4, 0.5) is 5.69 Å². The highest BCUT2D eigenvalue weighted by atomic mass is 35.5. The molecule has 2 aromatic rings. The topological polar surface area (TPSA) is 12.0 Å². The first kappa shape index (κ1) is 16.1. The van der Waals surface area contributed by atoms with Gasteiger partial charge in [0.05, 0.1) is 21.8 Å². The highest BCUT2D eigenvalue weighted by Crippen LogP contribution is 2.52. The van der Waals surface area contributed by atoms with Crippen LogP contribution < -0.4 is 5.32 Å². The van der Waals surface area contributed by atoms with Crippen molar-refractivity contribution in [2.75, 3.05) is 5.32 Å². The lowest BCUT2D eigenvalue weighted by molar-refractivity contribution is 0.425. The van der Waals surface area contributed by atoms with Crippen molar-refractivity contribution in [1.29, 1.82) is 0 Å². The Balaban J connectivity index is 1.76. The third kappa shape index (κ3) is 2.55. The van der Waals surface area contributed by atoms with E-state index in [1.54, 1.807) is 0 Å². The van der Waals surface area contributed by atoms with Crippen LogP contribution in [0.5, 0.6) is 0 Å². The summed E-state index contributed by atoms with van der Waals surface area (Å²) < 4.78 is 0. The van der Waals surface area contributed by atoms with E-state index in [1.807, 2.05) is 6.07 Å². The predicted molar refractivity (Wildman–Crippen MR) is 103 cm³/mol. The molecular formula is C21H21Cl2N. The second-order valence-corrected chi connectivity index (χ2v) is 7.91. The molecule has 1 N–H and O–H groups in total. The quantitative estimate of drug-likeness (QED) is 0.573. The molecule has 124 valence electrons. The highest BCUT2D eigenvalue weighted by Gasteiger charge is 2.38. The van der Waals surface area contributed by atoms with Gasteiger partial charge in [0, 0.05) is 5.92 Å². The Morgan fingerprint density at radius 2 is 1.79 bits per heavy atom. The zero-order chi connectivity index (χ0) is 16.8. The van der Waals surface area contributed by atoms with Gasteiger partial charge in [-0.3, -0.25) is 0 Å². The van der Waals surface area contributed by atoms with Crippen LogP contribution in [-0.2, 0) is 0 Å². The lowest BCUT2D eigenvalue weighted by atomic mass is 9.77. The van der Waals surface area contributed by atoms with Crippen LogP contribution in [0.15, 0.2) is 48.6 Å². The van der Waals surface area contributed by atoms with Gasteiger partial charge in [-0.15, -0.1) is 0 Å². The summed E-state index contributed by atoms with van der Waals surface area (Å²) in [5, 5.41) is 4.93. The summed E-state index contributed by atoms with van der Waals surface area (Å²) >= 11 is 12.8. The van der Waals surface area contributed by atoms with Crippen molar-refractivity contribution in [2.45, 2.75) is 38.1 Å². The number of anilines is 1. The standard InChI is InChI=1S/C21H21Cl2N/c1-12(2)13-6-8-14(9-7-13)20-16-5-3-4-15(16)17-10-11-18(22)19(23)21(17)24-20/h3-4,6-12,15-16,20,24H,5H2,1-2H3. The smallest absolute Gasteiger partial charge is 0.0826 e. The largest absolute Gasteiger partial charge is 0.376 e. The van der Waals surface area contributed by atoms with Gasteiger partial charge in [0.25, 0.3) is 0 Å². The van der Waals surface area contributed by atoms with E-state index in [0.29, 0.717) is 27.8 Å². The van der Waals surface area contributed by atoms with Crippen molar-refractivity contribution in [1.82, 2.24) is 0 Å². The molecule has 0 fully saturated rings. The molecule has 24 heavy (non-hydrogen) atoms. The van der Waals surface area contributed by atoms with Gasteiger partial charge in [-0.05, 0) is 41.0 Å². The zero-order valence-corrected chi connectivity index (χ0v) is 15.4. The Morgan fingerprint density at radius 3 is 2.50 bits per heavy atom. The van der Waals surface area contributed by atoms with E-state index in [4.69, 9.17) is 23.2 Å². The molecule has 1 aliphatic carbocycles. The maximum atomic E-state index is 6.50. The molecule has 2 aliphatic rings. The molecule has 0 saturated heterocycles. The maximum absolute atomic E-state index is 6.50. The van der Waals surface area contributed by atoms with Gasteiger partial charge in [-0.1, -0.05) is 79.5 Å². The molecule has 1 heterocycles. The molecule has 0 saturated carbocycles. The summed E-state index contributed by atoms with van der Waals surface area (Å²) in [6.45, 7) is 4.45. The minimum atomic E-state index is 0.259. The molecule has 3 heteroatoms. The predicted octanol–water partition coefficient (Wildman–Crippen LogP) is 6.94. The summed E-state index contributed by atoms with van der Waals surface area (Å²) in [6.07, 6.45) is 5.71. The van der Waals surface area contributed by atoms with Gasteiger partial charge in [-0.25, -0.2) is 0 Å². The van der Waals surface area contributed by atoms with Crippen molar-refractivity contribution in [3.63, 3.8) is 0 Å². The fourth-order valence-corrected chi connectivity index (χ4v) is 4.40. The van der Waals surface area contributed by atoms with Crippen LogP contribution in [0, 0.1) is 5.92 Å². The number of halogens is 2. The van der Waals surface area contributed by atoms with E-state index >= 15 is 0 Å². The monoisotopic (exact) mass is 357 g/mol. The summed E-state index contributed by atoms with van der Waals surface area (Å²) in [5.74, 6) is 1.48. The van der Waals surface area contributed by atoms with Gasteiger partial charge >= 0.3 is 0 Å². The number of nitrogens with one attached hydrogen (secondary N) is 1. The fourth-order valence-electron chi connectivity index (χ4n) is 4.02. The Labute approximate surface area is 153 Å². The van der Waals surface area contributed by atoms with Crippen LogP contribution in [0.25, 0.3) is 0 Å². The zero-order valence-electron chi connectivity index (χ0n) is 13.9. The van der Waals surface area contributed by atoms with Gasteiger partial charge in [0.1, 0.15) is 0 Å². The van der Waals surface area contributed by atoms with E-state index in [2.05, 4.69) is 61.6 Å². The summed E-state index contributed by atoms with van der Waals surface area (Å²) in [6, 6.07) is 13.3. The van der Waals surface area contributed by atoms with Crippen LogP contribution >= 0.6 is 23.2 Å². The van der Waals surface area contributed by atoms with Gasteiger partial charge in [0.2, 0.25) is 0 Å². The molecule has 0 aromatic heterocycles. The van der Waals surface area contributed by atoms with Crippen LogP contribution in [0.1, 0.15) is 54.8 Å². The first-order chi connectivity index (χ1) is 11.6. The average molecular weight is 358 g/mol. The summed E-state index contributed by atoms with van der Waals surface area (Å²) in [7, 11) is 0. The van der Waals surface area contributed by atoms with E-state index in [9.17, 15) is 0 Å². The lowest BCUT2D eigenvalue weighted by Gasteiger charge is -2.38. The minimum absolute atomic E-state index is 0.259. The Bertz CT molecular complexity index is 792. The van der Waals surface area contributed by atoms with Crippen LogP contribution in [0.3, 0.4) is 0 Å². The van der Waals surface area contributed by atoms with Gasteiger partial charge in [-0.2, -0.15) is 0 Å². The maximum Gasteiger partial charge on any atom is 0.0826 e. The fraction of sp³-hybridized carbons (Fsp3) is 0.333. The van der Waals surface area contributed by atoms with E-state index in [-0.39, 0.29) is 6.04 Å². The summed E-state index contributed by atoms with van der Waals surface area (Å²) in [5.41, 5.74) is 4.95. The van der Waals surface area contributed by atoms with Crippen LogP contribution in [0.2, 0.25) is 10.0 Å². The van der Waals surface area contributed by atoms with Crippen LogP contribution in [-0.4, -0.2) is 0 Å². The van der Waals surface area contributed by atoms with Crippen molar-refractivity contribution >= 4 is 28.9 Å². The second kappa shape index (κ2) is 6.13. The number of hydrogen-bond acceptors (Lipinski definition) is 1. The molecule has 0 spiro atoms. The minimum Gasteiger partial charge on any atom is -0.376 e. The molecule has 0 bridgehead atoms. The van der Waals surface area contributed by atoms with Gasteiger partial charge < -0.3 is 5.32 Å². The van der Waals surface area contributed by atoms with Crippen molar-refractivity contribution < 1.29 is 0 Å². The second-order valence-electron chi connectivity index (χ2n) is 7.12. The number of rotatable bonds is 2. The normalized spacial score (nSPS) is 24.6. The Morgan fingerprint density at radius 1 is 1.04 bits per heavy atom. The molecule has 3 unspecified atom stereocenters. The lowest BCUT2D eigenvalue weighted by Crippen LogP contribution is -2.29. The number of benzene rings is 2. The van der Waals surface area contributed by atoms with E-state index in [1.165, 1.54) is 16.7 Å². The molecule has 4 rings (SSSR count). The van der Waals surface area contributed by atoms with Crippen molar-refractivity contribution in [3.8, 4) is 0 Å². The highest BCUT2D eigenvalue weighted by molar-refractivity contribution is 6.43. The third-order valence-corrected chi connectivity index (χ3v) is 6.19. The SMILES string of the molecule is CC(C)c1ccc(C2Nc3c(ccc(Cl)c3Cl)C3C=CCC32)cc1. The molecule has 2 aromatic carbocycles. The first-order valence-electron chi connectivity index (χ1n) is 8.57. The molecule has 0 radical (unpaired) electrons. The number of hydrogen-bond donors (Lipinski definition) is 1. The van der Waals surface area contributed by atoms with Gasteiger partial charge in [0.15, 0.2) is 0 Å². The Hall–Kier alpha value is -1.44. The van der Waals surface area contributed by atoms with Crippen molar-refractivity contribution in [2.24, 2.45) is 5.92 Å². The molecule has 1 nitrogen and oxygen atoms in total. The molecular weight excluding hydrogens is 337 g/mol. The average Bonchev–Trinajstić information content (AvgIpc) is 3.07.